The van der Waals surface area contributed by atoms with Crippen molar-refractivity contribution in [1.29, 1.82) is 0 Å². The lowest BCUT2D eigenvalue weighted by molar-refractivity contribution is 0.194. The van der Waals surface area contributed by atoms with Crippen molar-refractivity contribution in [3.8, 4) is 10.6 Å². The van der Waals surface area contributed by atoms with Crippen LogP contribution in [-0.2, 0) is 6.42 Å². The topological polar surface area (TPSA) is 25.8 Å². The molecule has 21 heavy (non-hydrogen) atoms. The first-order valence-electron chi connectivity index (χ1n) is 8.13. The standard InChI is InChI=1S/C18H24N2S/c1-18(12-6-3-7-13-18)14-8-11-16-19-17(21-20-16)15-9-4-2-5-10-15/h2,4-5,9-10H,3,6-8,11-14H2,1H3. The van der Waals surface area contributed by atoms with E-state index in [4.69, 9.17) is 4.98 Å². The van der Waals surface area contributed by atoms with Crippen molar-refractivity contribution in [2.45, 2.75) is 58.3 Å². The van der Waals surface area contributed by atoms with E-state index in [1.54, 1.807) is 0 Å². The Bertz CT molecular complexity index is 556. The number of rotatable bonds is 5. The fourth-order valence-electron chi connectivity index (χ4n) is 3.38. The molecule has 0 spiro atoms. The van der Waals surface area contributed by atoms with Crippen molar-refractivity contribution in [1.82, 2.24) is 9.36 Å². The van der Waals surface area contributed by atoms with Crippen LogP contribution in [0.3, 0.4) is 0 Å². The van der Waals surface area contributed by atoms with Gasteiger partial charge in [-0.3, -0.25) is 0 Å². The maximum atomic E-state index is 4.69. The Hall–Kier alpha value is -1.22. The summed E-state index contributed by atoms with van der Waals surface area (Å²) < 4.78 is 4.53. The lowest BCUT2D eigenvalue weighted by Crippen LogP contribution is -2.20. The summed E-state index contributed by atoms with van der Waals surface area (Å²) in [4.78, 5) is 4.69. The smallest absolute Gasteiger partial charge is 0.144 e. The molecular weight excluding hydrogens is 276 g/mol. The number of hydrogen-bond acceptors (Lipinski definition) is 3. The van der Waals surface area contributed by atoms with Crippen molar-refractivity contribution in [3.63, 3.8) is 0 Å². The van der Waals surface area contributed by atoms with Crippen LogP contribution < -0.4 is 0 Å². The fraction of sp³-hybridized carbons (Fsp3) is 0.556. The summed E-state index contributed by atoms with van der Waals surface area (Å²) >= 11 is 1.53. The highest BCUT2D eigenvalue weighted by Gasteiger charge is 2.26. The molecule has 2 aromatic rings. The maximum absolute atomic E-state index is 4.69. The van der Waals surface area contributed by atoms with Crippen molar-refractivity contribution >= 4 is 11.5 Å². The van der Waals surface area contributed by atoms with Crippen LogP contribution in [0.15, 0.2) is 30.3 Å². The van der Waals surface area contributed by atoms with Gasteiger partial charge in [0.2, 0.25) is 0 Å². The largest absolute Gasteiger partial charge is 0.219 e. The molecule has 1 saturated carbocycles. The Kier molecular flexibility index (Phi) is 4.69. The first-order valence-corrected chi connectivity index (χ1v) is 8.91. The molecule has 1 heterocycles. The number of hydrogen-bond donors (Lipinski definition) is 0. The zero-order valence-electron chi connectivity index (χ0n) is 12.8. The van der Waals surface area contributed by atoms with Crippen molar-refractivity contribution in [2.75, 3.05) is 0 Å². The number of aromatic nitrogens is 2. The summed E-state index contributed by atoms with van der Waals surface area (Å²) in [5.74, 6) is 1.03. The minimum atomic E-state index is 0.580. The normalized spacial score (nSPS) is 17.8. The van der Waals surface area contributed by atoms with Gasteiger partial charge in [-0.2, -0.15) is 4.37 Å². The Balaban J connectivity index is 1.53. The molecule has 0 unspecified atom stereocenters. The van der Waals surface area contributed by atoms with E-state index in [-0.39, 0.29) is 0 Å². The van der Waals surface area contributed by atoms with Gasteiger partial charge in [0.15, 0.2) is 0 Å². The quantitative estimate of drug-likeness (QED) is 0.728. The van der Waals surface area contributed by atoms with E-state index in [2.05, 4.69) is 35.6 Å². The zero-order valence-corrected chi connectivity index (χ0v) is 13.7. The highest BCUT2D eigenvalue weighted by atomic mass is 32.1. The predicted molar refractivity (Wildman–Crippen MR) is 89.5 cm³/mol. The van der Waals surface area contributed by atoms with Crippen LogP contribution in [0, 0.1) is 5.41 Å². The third-order valence-corrected chi connectivity index (χ3v) is 5.53. The maximum Gasteiger partial charge on any atom is 0.144 e. The highest BCUT2D eigenvalue weighted by Crippen LogP contribution is 2.39. The van der Waals surface area contributed by atoms with Crippen LogP contribution in [0.2, 0.25) is 0 Å². The molecule has 0 aliphatic heterocycles. The average molecular weight is 300 g/mol. The molecule has 0 radical (unpaired) electrons. The Morgan fingerprint density at radius 1 is 1.10 bits per heavy atom. The second-order valence-corrected chi connectivity index (χ2v) is 7.36. The molecule has 1 aromatic carbocycles. The van der Waals surface area contributed by atoms with Gasteiger partial charge < -0.3 is 0 Å². The van der Waals surface area contributed by atoms with E-state index in [0.717, 1.165) is 17.3 Å². The molecule has 2 nitrogen and oxygen atoms in total. The second kappa shape index (κ2) is 6.69. The van der Waals surface area contributed by atoms with Gasteiger partial charge in [0.25, 0.3) is 0 Å². The van der Waals surface area contributed by atoms with Gasteiger partial charge >= 0.3 is 0 Å². The first-order chi connectivity index (χ1) is 10.3. The molecule has 3 rings (SSSR count). The average Bonchev–Trinajstić information content (AvgIpc) is 2.98. The lowest BCUT2D eigenvalue weighted by atomic mass is 9.72. The summed E-state index contributed by atoms with van der Waals surface area (Å²) in [5.41, 5.74) is 1.76. The van der Waals surface area contributed by atoms with Gasteiger partial charge in [-0.05, 0) is 42.6 Å². The molecule has 1 aromatic heterocycles. The van der Waals surface area contributed by atoms with Gasteiger partial charge in [-0.1, -0.05) is 56.5 Å². The molecule has 1 aliphatic rings. The molecule has 1 fully saturated rings. The van der Waals surface area contributed by atoms with Crippen LogP contribution in [0.1, 0.15) is 57.7 Å². The number of aryl methyl sites for hydroxylation is 1. The van der Waals surface area contributed by atoms with Crippen LogP contribution >= 0.6 is 11.5 Å². The summed E-state index contributed by atoms with van der Waals surface area (Å²) in [6, 6.07) is 10.4. The molecule has 0 N–H and O–H groups in total. The summed E-state index contributed by atoms with van der Waals surface area (Å²) in [5, 5.41) is 1.05. The van der Waals surface area contributed by atoms with Gasteiger partial charge in [-0.25, -0.2) is 4.98 Å². The number of benzene rings is 1. The first kappa shape index (κ1) is 14.7. The minimum absolute atomic E-state index is 0.580. The highest BCUT2D eigenvalue weighted by molar-refractivity contribution is 7.09. The van der Waals surface area contributed by atoms with Crippen LogP contribution in [0.4, 0.5) is 0 Å². The predicted octanol–water partition coefficient (Wildman–Crippen LogP) is 5.50. The molecule has 3 heteroatoms. The van der Waals surface area contributed by atoms with Gasteiger partial charge in [0, 0.05) is 12.0 Å². The van der Waals surface area contributed by atoms with E-state index < -0.39 is 0 Å². The molecule has 0 amide bonds. The van der Waals surface area contributed by atoms with E-state index >= 15 is 0 Å². The summed E-state index contributed by atoms with van der Waals surface area (Å²) in [6.45, 7) is 2.47. The van der Waals surface area contributed by atoms with Crippen LogP contribution in [-0.4, -0.2) is 9.36 Å². The van der Waals surface area contributed by atoms with Gasteiger partial charge in [0.05, 0.1) is 0 Å². The molecule has 0 saturated heterocycles. The van der Waals surface area contributed by atoms with Crippen LogP contribution in [0.25, 0.3) is 10.6 Å². The Labute approximate surface area is 131 Å². The lowest BCUT2D eigenvalue weighted by Gasteiger charge is -2.33. The Morgan fingerprint density at radius 3 is 2.62 bits per heavy atom. The van der Waals surface area contributed by atoms with Crippen molar-refractivity contribution in [2.24, 2.45) is 5.41 Å². The molecule has 1 aliphatic carbocycles. The molecule has 0 atom stereocenters. The van der Waals surface area contributed by atoms with Gasteiger partial charge in [-0.15, -0.1) is 0 Å². The SMILES string of the molecule is CC1(CCCc2nsc(-c3ccccc3)n2)CCCCC1. The molecular formula is C18H24N2S. The summed E-state index contributed by atoms with van der Waals surface area (Å²) in [7, 11) is 0. The van der Waals surface area contributed by atoms with Crippen LogP contribution in [0.5, 0.6) is 0 Å². The van der Waals surface area contributed by atoms with E-state index in [9.17, 15) is 0 Å². The summed E-state index contributed by atoms with van der Waals surface area (Å²) in [6.07, 6.45) is 10.7. The van der Waals surface area contributed by atoms with E-state index in [0.29, 0.717) is 5.41 Å². The van der Waals surface area contributed by atoms with Crippen molar-refractivity contribution in [3.05, 3.63) is 36.2 Å². The monoisotopic (exact) mass is 300 g/mol. The third-order valence-electron chi connectivity index (χ3n) is 4.73. The fourth-order valence-corrected chi connectivity index (χ4v) is 4.09. The second-order valence-electron chi connectivity index (χ2n) is 6.61. The third kappa shape index (κ3) is 3.91. The van der Waals surface area contributed by atoms with E-state index in [1.807, 2.05) is 6.07 Å². The molecule has 0 bridgehead atoms. The number of nitrogens with zero attached hydrogens (tertiary/aromatic N) is 2. The van der Waals surface area contributed by atoms with E-state index in [1.165, 1.54) is 62.0 Å². The molecule has 112 valence electrons. The van der Waals surface area contributed by atoms with Gasteiger partial charge in [0.1, 0.15) is 10.8 Å². The zero-order chi connectivity index (χ0) is 14.5. The minimum Gasteiger partial charge on any atom is -0.219 e. The Morgan fingerprint density at radius 2 is 1.86 bits per heavy atom. The van der Waals surface area contributed by atoms with Crippen molar-refractivity contribution < 1.29 is 0 Å².